The van der Waals surface area contributed by atoms with Crippen LogP contribution in [0.25, 0.3) is 0 Å². The highest BCUT2D eigenvalue weighted by molar-refractivity contribution is 7.19. The predicted molar refractivity (Wildman–Crippen MR) is 45.8 cm³/mol. The molecule has 1 spiro atoms. The first-order chi connectivity index (χ1) is 5.57. The lowest BCUT2D eigenvalue weighted by Crippen LogP contribution is -2.54. The summed E-state index contributed by atoms with van der Waals surface area (Å²) in [7, 11) is 2.49. The van der Waals surface area contributed by atoms with Crippen molar-refractivity contribution < 1.29 is 9.59 Å². The molecule has 2 unspecified atom stereocenters. The normalized spacial score (nSPS) is 32.8. The molecule has 2 rings (SSSR count). The molecule has 1 saturated carbocycles. The zero-order chi connectivity index (χ0) is 8.93. The number of carbonyl (C=O) groups excluding carboxylic acids is 2. The second-order valence-electron chi connectivity index (χ2n) is 3.62. The van der Waals surface area contributed by atoms with Gasteiger partial charge in [0.05, 0.1) is 5.66 Å². The number of hydrazine groups is 1. The summed E-state index contributed by atoms with van der Waals surface area (Å²) in [6.45, 7) is 0. The lowest BCUT2D eigenvalue weighted by atomic mass is 9.92. The molecule has 12 heavy (non-hydrogen) atoms. The molecule has 2 fully saturated rings. The van der Waals surface area contributed by atoms with Gasteiger partial charge in [-0.3, -0.25) is 9.59 Å². The molecule has 66 valence electrons. The van der Waals surface area contributed by atoms with Crippen molar-refractivity contribution in [3.63, 3.8) is 0 Å². The van der Waals surface area contributed by atoms with E-state index in [0.717, 1.165) is 17.9 Å². The Kier molecular flexibility index (Phi) is 1.54. The second kappa shape index (κ2) is 2.27. The Balaban J connectivity index is 2.26. The van der Waals surface area contributed by atoms with Crippen LogP contribution in [0.1, 0.15) is 19.3 Å². The molecule has 1 aliphatic carbocycles. The third-order valence-electron chi connectivity index (χ3n) is 2.83. The lowest BCUT2D eigenvalue weighted by molar-refractivity contribution is -0.150. The topological polar surface area (TPSA) is 63.4 Å². The van der Waals surface area contributed by atoms with Gasteiger partial charge in [-0.05, 0) is 18.3 Å². The van der Waals surface area contributed by atoms with Crippen LogP contribution in [0.5, 0.6) is 0 Å². The number of amides is 2. The Labute approximate surface area is 72.6 Å². The summed E-state index contributed by atoms with van der Waals surface area (Å²) in [6.07, 6.45) is 2.39. The summed E-state index contributed by atoms with van der Waals surface area (Å²) in [5.41, 5.74) is -0.200. The molecule has 4 nitrogen and oxygen atoms in total. The van der Waals surface area contributed by atoms with E-state index in [2.05, 4.69) is 9.24 Å². The fourth-order valence-corrected chi connectivity index (χ4v) is 2.29. The van der Waals surface area contributed by atoms with Crippen molar-refractivity contribution in [3.05, 3.63) is 0 Å². The molecule has 2 amide bonds. The van der Waals surface area contributed by atoms with Crippen molar-refractivity contribution in [2.45, 2.75) is 24.9 Å². The van der Waals surface area contributed by atoms with E-state index in [4.69, 9.17) is 5.84 Å². The first-order valence-electron chi connectivity index (χ1n) is 3.94. The lowest BCUT2D eigenvalue weighted by Gasteiger charge is -2.31. The Morgan fingerprint density at radius 3 is 2.58 bits per heavy atom. The van der Waals surface area contributed by atoms with Crippen LogP contribution in [0.3, 0.4) is 0 Å². The van der Waals surface area contributed by atoms with Crippen LogP contribution in [0.2, 0.25) is 0 Å². The Morgan fingerprint density at radius 2 is 2.08 bits per heavy atom. The van der Waals surface area contributed by atoms with Gasteiger partial charge < -0.3 is 0 Å². The average molecular weight is 186 g/mol. The molecule has 0 aromatic carbocycles. The Hall–Kier alpha value is -0.470. The van der Waals surface area contributed by atoms with Crippen LogP contribution in [0.15, 0.2) is 0 Å². The summed E-state index contributed by atoms with van der Waals surface area (Å²) in [5, 5.41) is 0.751. The number of carbonyl (C=O) groups is 2. The fraction of sp³-hybridized carbons (Fsp3) is 0.714. The highest BCUT2D eigenvalue weighted by Gasteiger charge is 2.56. The van der Waals surface area contributed by atoms with Crippen molar-refractivity contribution >= 4 is 21.1 Å². The van der Waals surface area contributed by atoms with Gasteiger partial charge in [-0.15, -0.1) is 9.24 Å². The Morgan fingerprint density at radius 1 is 1.50 bits per heavy atom. The van der Waals surface area contributed by atoms with Gasteiger partial charge in [-0.25, -0.2) is 10.9 Å². The summed E-state index contributed by atoms with van der Waals surface area (Å²) in [5.74, 6) is 4.79. The molecule has 2 aliphatic rings. The molecular formula is C7H11N2O2P. The van der Waals surface area contributed by atoms with Crippen LogP contribution in [0.4, 0.5) is 0 Å². The van der Waals surface area contributed by atoms with E-state index < -0.39 is 0 Å². The molecule has 1 saturated heterocycles. The largest absolute Gasteiger partial charge is 0.273 e. The summed E-state index contributed by atoms with van der Waals surface area (Å²) >= 11 is 0. The van der Waals surface area contributed by atoms with E-state index >= 15 is 0 Å². The van der Waals surface area contributed by atoms with Crippen LogP contribution in [-0.2, 0) is 9.59 Å². The quantitative estimate of drug-likeness (QED) is 0.243. The van der Waals surface area contributed by atoms with Gasteiger partial charge in [0.25, 0.3) is 5.91 Å². The number of nitrogens with two attached hydrogens (primary N) is 1. The molecule has 1 heterocycles. The number of nitrogens with zero attached hydrogens (tertiary/aromatic N) is 1. The van der Waals surface area contributed by atoms with Gasteiger partial charge in [0.2, 0.25) is 5.91 Å². The smallest absolute Gasteiger partial charge is 0.251 e. The first-order valence-corrected chi connectivity index (χ1v) is 4.61. The number of piperidine rings is 1. The zero-order valence-corrected chi connectivity index (χ0v) is 7.77. The predicted octanol–water partition coefficient (Wildman–Crippen LogP) is -0.357. The molecule has 1 aliphatic heterocycles. The monoisotopic (exact) mass is 186 g/mol. The third-order valence-corrected chi connectivity index (χ3v) is 3.82. The number of rotatable bonds is 0. The van der Waals surface area contributed by atoms with E-state index in [-0.39, 0.29) is 22.9 Å². The van der Waals surface area contributed by atoms with Crippen molar-refractivity contribution in [3.8, 4) is 0 Å². The van der Waals surface area contributed by atoms with Crippen molar-refractivity contribution in [2.24, 2.45) is 11.3 Å². The number of imide groups is 1. The molecule has 2 N–H and O–H groups in total. The van der Waals surface area contributed by atoms with Crippen LogP contribution < -0.4 is 5.84 Å². The van der Waals surface area contributed by atoms with Crippen molar-refractivity contribution in [2.75, 3.05) is 0 Å². The van der Waals surface area contributed by atoms with Gasteiger partial charge in [-0.2, -0.15) is 0 Å². The molecule has 5 heteroatoms. The van der Waals surface area contributed by atoms with Gasteiger partial charge in [-0.1, -0.05) is 0 Å². The summed E-state index contributed by atoms with van der Waals surface area (Å²) < 4.78 is 0. The Bertz CT molecular complexity index is 262. The minimum atomic E-state index is -0.256. The van der Waals surface area contributed by atoms with E-state index in [1.807, 2.05) is 0 Å². The van der Waals surface area contributed by atoms with Gasteiger partial charge in [0.1, 0.15) is 0 Å². The van der Waals surface area contributed by atoms with Gasteiger partial charge >= 0.3 is 0 Å². The molecule has 0 aromatic heterocycles. The van der Waals surface area contributed by atoms with Gasteiger partial charge in [0, 0.05) is 6.42 Å². The highest BCUT2D eigenvalue weighted by atomic mass is 31.0. The van der Waals surface area contributed by atoms with Crippen LogP contribution in [0, 0.1) is 5.41 Å². The maximum absolute atomic E-state index is 11.4. The third kappa shape index (κ3) is 0.915. The van der Waals surface area contributed by atoms with Gasteiger partial charge in [0.15, 0.2) is 0 Å². The minimum absolute atomic E-state index is 0.0469. The minimum Gasteiger partial charge on any atom is -0.273 e. The second-order valence-corrected chi connectivity index (χ2v) is 4.29. The summed E-state index contributed by atoms with van der Waals surface area (Å²) in [6, 6.07) is 0. The van der Waals surface area contributed by atoms with E-state index in [9.17, 15) is 9.59 Å². The standard InChI is InChI=1S/C7H11N2O2P/c8-9-4(10)3-7(1-2-7)5(12)6(9)11/h5H,1-3,8,12H2. The number of hydrogen-bond acceptors (Lipinski definition) is 3. The SMILES string of the molecule is NN1C(=O)CC2(CC2)C(P)C1=O. The number of hydrogen-bond donors (Lipinski definition) is 1. The highest BCUT2D eigenvalue weighted by Crippen LogP contribution is 2.56. The molecule has 0 bridgehead atoms. The van der Waals surface area contributed by atoms with Crippen LogP contribution >= 0.6 is 9.24 Å². The summed E-state index contributed by atoms with van der Waals surface area (Å²) in [4.78, 5) is 22.5. The van der Waals surface area contributed by atoms with E-state index in [0.29, 0.717) is 6.42 Å². The maximum Gasteiger partial charge on any atom is 0.251 e. The average Bonchev–Trinajstić information content (AvgIpc) is 2.79. The van der Waals surface area contributed by atoms with Crippen molar-refractivity contribution in [1.29, 1.82) is 0 Å². The molecule has 2 atom stereocenters. The van der Waals surface area contributed by atoms with Crippen LogP contribution in [-0.4, -0.2) is 22.5 Å². The molecular weight excluding hydrogens is 175 g/mol. The van der Waals surface area contributed by atoms with E-state index in [1.54, 1.807) is 0 Å². The van der Waals surface area contributed by atoms with E-state index in [1.165, 1.54) is 0 Å². The molecule has 0 radical (unpaired) electrons. The first kappa shape index (κ1) is 8.14. The fourth-order valence-electron chi connectivity index (χ4n) is 1.68. The zero-order valence-electron chi connectivity index (χ0n) is 6.62. The molecule has 0 aromatic rings. The van der Waals surface area contributed by atoms with Crippen molar-refractivity contribution in [1.82, 2.24) is 5.01 Å². The maximum atomic E-state index is 11.4.